The quantitative estimate of drug-likeness (QED) is 0.666. The van der Waals surface area contributed by atoms with Crippen molar-refractivity contribution in [1.29, 1.82) is 0 Å². The molecule has 1 heterocycles. The number of hydrogen-bond donors (Lipinski definition) is 3. The van der Waals surface area contributed by atoms with Gasteiger partial charge in [0.1, 0.15) is 0 Å². The van der Waals surface area contributed by atoms with E-state index in [1.807, 2.05) is 36.4 Å². The lowest BCUT2D eigenvalue weighted by Gasteiger charge is -2.18. The molecule has 2 atom stereocenters. The van der Waals surface area contributed by atoms with Crippen LogP contribution in [0.15, 0.2) is 48.5 Å². The number of carbonyl (C=O) groups is 1. The zero-order valence-corrected chi connectivity index (χ0v) is 12.8. The third kappa shape index (κ3) is 2.37. The number of rotatable bonds is 2. The van der Waals surface area contributed by atoms with Gasteiger partial charge in [0, 0.05) is 6.42 Å². The van der Waals surface area contributed by atoms with Gasteiger partial charge in [-0.05, 0) is 23.3 Å². The normalized spacial score (nSPS) is 19.2. The Morgan fingerprint density at radius 2 is 1.75 bits per heavy atom. The Morgan fingerprint density at radius 3 is 2.54 bits per heavy atom. The van der Waals surface area contributed by atoms with Gasteiger partial charge < -0.3 is 16.2 Å². The number of nitrogens with one attached hydrogen (secondary N) is 1. The van der Waals surface area contributed by atoms with Crippen molar-refractivity contribution in [2.75, 3.05) is 5.73 Å². The molecule has 0 fully saturated rings. The van der Waals surface area contributed by atoms with E-state index in [4.69, 9.17) is 5.73 Å². The van der Waals surface area contributed by atoms with Crippen molar-refractivity contribution in [3.8, 4) is 0 Å². The second-order valence-corrected chi connectivity index (χ2v) is 5.87. The SMILES string of the molecule is Nc1nc2ccccc2nc1C(=O)N[C@H]1c2ccccc2C[C@H]1O. The highest BCUT2D eigenvalue weighted by Crippen LogP contribution is 2.31. The molecule has 6 nitrogen and oxygen atoms in total. The minimum absolute atomic E-state index is 0.0743. The largest absolute Gasteiger partial charge is 0.390 e. The zero-order chi connectivity index (χ0) is 16.7. The first-order valence-corrected chi connectivity index (χ1v) is 7.72. The number of carbonyl (C=O) groups excluding carboxylic acids is 1. The van der Waals surface area contributed by atoms with Gasteiger partial charge in [-0.15, -0.1) is 0 Å². The van der Waals surface area contributed by atoms with Crippen molar-refractivity contribution in [3.63, 3.8) is 0 Å². The van der Waals surface area contributed by atoms with E-state index in [0.717, 1.165) is 11.1 Å². The van der Waals surface area contributed by atoms with Crippen LogP contribution in [-0.4, -0.2) is 27.1 Å². The molecule has 120 valence electrons. The summed E-state index contributed by atoms with van der Waals surface area (Å²) in [6, 6.07) is 14.4. The number of aliphatic hydroxyl groups is 1. The van der Waals surface area contributed by atoms with Gasteiger partial charge in [-0.1, -0.05) is 36.4 Å². The van der Waals surface area contributed by atoms with E-state index in [1.54, 1.807) is 12.1 Å². The number of aliphatic hydroxyl groups excluding tert-OH is 1. The molecule has 0 spiro atoms. The van der Waals surface area contributed by atoms with E-state index in [2.05, 4.69) is 15.3 Å². The van der Waals surface area contributed by atoms with Gasteiger partial charge in [-0.2, -0.15) is 0 Å². The second-order valence-electron chi connectivity index (χ2n) is 5.87. The third-order valence-electron chi connectivity index (χ3n) is 4.30. The Kier molecular flexibility index (Phi) is 3.39. The maximum absolute atomic E-state index is 12.6. The van der Waals surface area contributed by atoms with Gasteiger partial charge in [0.15, 0.2) is 11.5 Å². The van der Waals surface area contributed by atoms with E-state index < -0.39 is 18.1 Å². The predicted molar refractivity (Wildman–Crippen MR) is 90.3 cm³/mol. The lowest BCUT2D eigenvalue weighted by atomic mass is 10.1. The third-order valence-corrected chi connectivity index (χ3v) is 4.30. The Labute approximate surface area is 138 Å². The highest BCUT2D eigenvalue weighted by atomic mass is 16.3. The number of aromatic nitrogens is 2. The number of benzene rings is 2. The van der Waals surface area contributed by atoms with Crippen LogP contribution in [-0.2, 0) is 6.42 Å². The first kappa shape index (κ1) is 14.6. The van der Waals surface area contributed by atoms with E-state index in [0.29, 0.717) is 17.5 Å². The number of amides is 1. The van der Waals surface area contributed by atoms with Crippen LogP contribution in [0, 0.1) is 0 Å². The van der Waals surface area contributed by atoms with Gasteiger partial charge in [0.05, 0.1) is 23.2 Å². The fourth-order valence-corrected chi connectivity index (χ4v) is 3.14. The number of nitrogen functional groups attached to an aromatic ring is 1. The van der Waals surface area contributed by atoms with Gasteiger partial charge in [0.25, 0.3) is 5.91 Å². The Balaban J connectivity index is 1.66. The summed E-state index contributed by atoms with van der Waals surface area (Å²) >= 11 is 0. The molecule has 0 saturated carbocycles. The molecule has 0 aliphatic heterocycles. The number of nitrogens with zero attached hydrogens (tertiary/aromatic N) is 2. The lowest BCUT2D eigenvalue weighted by Crippen LogP contribution is -2.34. The van der Waals surface area contributed by atoms with Gasteiger partial charge in [-0.3, -0.25) is 4.79 Å². The summed E-state index contributed by atoms with van der Waals surface area (Å²) in [5.74, 6) is -0.363. The fraction of sp³-hybridized carbons (Fsp3) is 0.167. The van der Waals surface area contributed by atoms with E-state index in [1.165, 1.54) is 0 Å². The summed E-state index contributed by atoms with van der Waals surface area (Å²) < 4.78 is 0. The van der Waals surface area contributed by atoms with Crippen LogP contribution in [0.25, 0.3) is 11.0 Å². The summed E-state index contributed by atoms with van der Waals surface area (Å²) in [4.78, 5) is 21.2. The van der Waals surface area contributed by atoms with Crippen LogP contribution in [0.4, 0.5) is 5.82 Å². The zero-order valence-electron chi connectivity index (χ0n) is 12.8. The van der Waals surface area contributed by atoms with E-state index in [-0.39, 0.29) is 11.5 Å². The average molecular weight is 320 g/mol. The molecule has 2 aromatic carbocycles. The molecule has 0 unspecified atom stereocenters. The van der Waals surface area contributed by atoms with Gasteiger partial charge >= 0.3 is 0 Å². The predicted octanol–water partition coefficient (Wildman–Crippen LogP) is 1.60. The first-order chi connectivity index (χ1) is 11.6. The molecule has 6 heteroatoms. The molecule has 0 saturated heterocycles. The van der Waals surface area contributed by atoms with Crippen molar-refractivity contribution in [1.82, 2.24) is 15.3 Å². The molecule has 1 aliphatic carbocycles. The van der Waals surface area contributed by atoms with Crippen LogP contribution in [0.2, 0.25) is 0 Å². The lowest BCUT2D eigenvalue weighted by molar-refractivity contribution is 0.0854. The van der Waals surface area contributed by atoms with Crippen molar-refractivity contribution in [2.24, 2.45) is 0 Å². The van der Waals surface area contributed by atoms with E-state index in [9.17, 15) is 9.90 Å². The number of hydrogen-bond acceptors (Lipinski definition) is 5. The summed E-state index contributed by atoms with van der Waals surface area (Å²) in [6.45, 7) is 0. The summed E-state index contributed by atoms with van der Waals surface area (Å²) in [6.07, 6.45) is -0.152. The fourth-order valence-electron chi connectivity index (χ4n) is 3.14. The summed E-state index contributed by atoms with van der Waals surface area (Å²) in [7, 11) is 0. The summed E-state index contributed by atoms with van der Waals surface area (Å²) in [5.41, 5.74) is 9.16. The van der Waals surface area contributed by atoms with E-state index >= 15 is 0 Å². The average Bonchev–Trinajstić information content (AvgIpc) is 2.90. The second kappa shape index (κ2) is 5.58. The summed E-state index contributed by atoms with van der Waals surface area (Å²) in [5, 5.41) is 13.1. The molecule has 3 aromatic rings. The van der Waals surface area contributed by atoms with Crippen molar-refractivity contribution < 1.29 is 9.90 Å². The van der Waals surface area contributed by atoms with Crippen LogP contribution in [0.1, 0.15) is 27.7 Å². The Morgan fingerprint density at radius 1 is 1.08 bits per heavy atom. The first-order valence-electron chi connectivity index (χ1n) is 7.72. The minimum Gasteiger partial charge on any atom is -0.390 e. The van der Waals surface area contributed by atoms with Crippen molar-refractivity contribution >= 4 is 22.8 Å². The molecule has 1 aromatic heterocycles. The molecular formula is C18H16N4O2. The topological polar surface area (TPSA) is 101 Å². The number of anilines is 1. The monoisotopic (exact) mass is 320 g/mol. The highest BCUT2D eigenvalue weighted by Gasteiger charge is 2.32. The molecule has 4 N–H and O–H groups in total. The maximum Gasteiger partial charge on any atom is 0.274 e. The molecule has 24 heavy (non-hydrogen) atoms. The van der Waals surface area contributed by atoms with Crippen LogP contribution >= 0.6 is 0 Å². The standard InChI is InChI=1S/C18H16N4O2/c19-17-16(20-12-7-3-4-8-13(12)21-17)18(24)22-15-11-6-2-1-5-10(11)9-14(15)23/h1-8,14-15,23H,9H2,(H2,19,21)(H,22,24)/t14-,15+/m1/s1. The maximum atomic E-state index is 12.6. The van der Waals surface area contributed by atoms with Crippen LogP contribution in [0.5, 0.6) is 0 Å². The molecule has 4 rings (SSSR count). The molecule has 0 bridgehead atoms. The smallest absolute Gasteiger partial charge is 0.274 e. The number of para-hydroxylation sites is 2. The minimum atomic E-state index is -0.666. The molecule has 1 aliphatic rings. The van der Waals surface area contributed by atoms with Gasteiger partial charge in [-0.25, -0.2) is 9.97 Å². The van der Waals surface area contributed by atoms with Crippen LogP contribution < -0.4 is 11.1 Å². The van der Waals surface area contributed by atoms with Crippen molar-refractivity contribution in [3.05, 3.63) is 65.4 Å². The van der Waals surface area contributed by atoms with Crippen LogP contribution in [0.3, 0.4) is 0 Å². The molecular weight excluding hydrogens is 304 g/mol. The van der Waals surface area contributed by atoms with Gasteiger partial charge in [0.2, 0.25) is 0 Å². The Hall–Kier alpha value is -2.99. The number of fused-ring (bicyclic) bond motifs is 2. The van der Waals surface area contributed by atoms with Crippen molar-refractivity contribution in [2.45, 2.75) is 18.6 Å². The Bertz CT molecular complexity index is 941. The highest BCUT2D eigenvalue weighted by molar-refractivity contribution is 5.98. The number of nitrogens with two attached hydrogens (primary N) is 1. The molecule has 1 amide bonds. The molecule has 0 radical (unpaired) electrons.